The number of carbonyl (C=O) groups is 7. The van der Waals surface area contributed by atoms with E-state index in [-0.39, 0.29) is 109 Å². The summed E-state index contributed by atoms with van der Waals surface area (Å²) in [4.78, 5) is 94.6. The Kier molecular flexibility index (Phi) is 51.7. The maximum atomic E-state index is 12.2. The molecule has 28 heteroatoms. The van der Waals surface area contributed by atoms with Gasteiger partial charge in [0.05, 0.1) is 26.4 Å². The Morgan fingerprint density at radius 1 is 0.448 bits per heavy atom. The Morgan fingerprint density at radius 2 is 0.741 bits per heavy atom. The summed E-state index contributed by atoms with van der Waals surface area (Å²) in [5.74, 6) is -0.210. The van der Waals surface area contributed by atoms with Crippen molar-refractivity contribution >= 4 is 107 Å². The molecule has 5 aromatic rings. The standard InChI is InChI=1S/C20H30N2O4.C18H28N2O3.C16H24N2O2.C14H21NO.C10H17NO3.C6H7N.C4H7BrO2.B.ClH.Li.H/c1-5-25-18(23)15-22(16-9-7-6-8-10-16)17-11-13-21(14-12-17)19(24)26-20(2,3)4;1-18(2,3)23-17(22)19-11-9-16(10-12-19)20(13-14-21)15-7-5-4-6-8-15;1-16(2,3)20-15(19)18-11-9-14(10-12-18)17-13-7-5-4-6-8-13;16-12-11-15(13-7-3-1-4-8-13)14-9-5-2-6-10-14;1-10(2,3)14-9(13)11-6-4-8(12)5-7-11;7-6-4-2-1-3-5-6;1-2-7-4(6)3-5;;;;/h6-10,17H,5,11-15H2,1-4H3;4-8,16,21H,9-14H2,1-3H3;4-8,14,17H,9-12H2,1-3H3;1,3-4,7-8,14,16H,2,5-6,9-12H2;4-7H2,1-3H3;1-5H,7H2;2-3H2,1H3;;1H;;/q;;;;;;;;;+1;-1. The minimum atomic E-state index is -0.492. The van der Waals surface area contributed by atoms with Crippen molar-refractivity contribution in [1.82, 2.24) is 19.6 Å². The van der Waals surface area contributed by atoms with E-state index >= 15 is 0 Å². The van der Waals surface area contributed by atoms with Gasteiger partial charge in [-0.3, -0.25) is 14.4 Å². The third-order valence-electron chi connectivity index (χ3n) is 18.2. The van der Waals surface area contributed by atoms with E-state index in [1.54, 1.807) is 26.5 Å². The molecule has 641 valence electrons. The molecule has 4 saturated heterocycles. The van der Waals surface area contributed by atoms with Gasteiger partial charge in [-0.05, 0) is 209 Å². The smallest absolute Gasteiger partial charge is 1.00 e. The normalized spacial score (nSPS) is 15.2. The molecule has 5 aliphatic rings. The van der Waals surface area contributed by atoms with Crippen LogP contribution in [0.4, 0.5) is 47.6 Å². The summed E-state index contributed by atoms with van der Waals surface area (Å²) in [5, 5.41) is 22.4. The second-order valence-corrected chi connectivity index (χ2v) is 32.6. The van der Waals surface area contributed by atoms with Crippen LogP contribution in [-0.2, 0) is 42.8 Å². The van der Waals surface area contributed by atoms with Crippen molar-refractivity contribution in [3.05, 3.63) is 152 Å². The minimum Gasteiger partial charge on any atom is -1.00 e. The number of rotatable bonds is 17. The van der Waals surface area contributed by atoms with Crippen LogP contribution in [0.25, 0.3) is 0 Å². The number of halogens is 2. The number of amides is 4. The van der Waals surface area contributed by atoms with Crippen molar-refractivity contribution in [3.63, 3.8) is 0 Å². The number of ketones is 1. The fraction of sp³-hybridized carbons (Fsp3) is 0.580. The third-order valence-corrected chi connectivity index (χ3v) is 18.6. The van der Waals surface area contributed by atoms with Gasteiger partial charge < -0.3 is 85.4 Å². The molecule has 116 heavy (non-hydrogen) atoms. The van der Waals surface area contributed by atoms with E-state index in [0.717, 1.165) is 80.9 Å². The van der Waals surface area contributed by atoms with Gasteiger partial charge in [-0.1, -0.05) is 126 Å². The van der Waals surface area contributed by atoms with Crippen LogP contribution in [0.1, 0.15) is 182 Å². The molecule has 0 unspecified atom stereocenters. The minimum absolute atomic E-state index is 0. The quantitative estimate of drug-likeness (QED) is 0.0221. The Morgan fingerprint density at radius 3 is 1.04 bits per heavy atom. The first kappa shape index (κ1) is 106. The molecule has 0 aromatic heterocycles. The predicted molar refractivity (Wildman–Crippen MR) is 469 cm³/mol. The molecule has 10 rings (SSSR count). The number of hydrogen-bond donors (Lipinski definition) is 4. The van der Waals surface area contributed by atoms with E-state index < -0.39 is 22.4 Å². The number of likely N-dealkylation sites (tertiary alicyclic amines) is 4. The molecule has 0 atom stereocenters. The Balaban J connectivity index is 0.00000138. The van der Waals surface area contributed by atoms with Crippen LogP contribution in [0, 0.1) is 0 Å². The molecule has 4 aliphatic heterocycles. The number of anilines is 5. The number of benzene rings is 5. The van der Waals surface area contributed by atoms with E-state index in [0.29, 0.717) is 95.3 Å². The van der Waals surface area contributed by atoms with E-state index in [2.05, 4.69) is 89.2 Å². The van der Waals surface area contributed by atoms with Crippen molar-refractivity contribution in [2.75, 3.05) is 130 Å². The number of esters is 2. The molecule has 4 heterocycles. The zero-order valence-corrected chi connectivity index (χ0v) is 74.4. The Hall–Kier alpha value is -7.86. The van der Waals surface area contributed by atoms with Crippen molar-refractivity contribution in [3.8, 4) is 0 Å². The number of nitrogens with two attached hydrogens (primary N) is 1. The molecule has 4 amide bonds. The number of aliphatic hydroxyl groups excluding tert-OH is 2. The molecule has 3 radical (unpaired) electrons. The van der Waals surface area contributed by atoms with Crippen molar-refractivity contribution < 1.29 is 92.5 Å². The molecule has 1 aliphatic carbocycles. The maximum absolute atomic E-state index is 12.2. The average molecular weight is 1690 g/mol. The zero-order chi connectivity index (χ0) is 83.4. The van der Waals surface area contributed by atoms with Crippen molar-refractivity contribution in [2.45, 2.75) is 227 Å². The number of hydrogen-bond acceptors (Lipinski definition) is 20. The van der Waals surface area contributed by atoms with Crippen LogP contribution in [-0.4, -0.2) is 231 Å². The van der Waals surface area contributed by atoms with Crippen LogP contribution < -0.4 is 44.6 Å². The summed E-state index contributed by atoms with van der Waals surface area (Å²) in [6.45, 7) is 33.9. The summed E-state index contributed by atoms with van der Waals surface area (Å²) in [5.41, 5.74) is 8.86. The number of nitrogen functional groups attached to an aromatic ring is 1. The number of aliphatic hydroxyl groups is 2. The number of nitrogens with one attached hydrogen (secondary N) is 1. The molecule has 0 bridgehead atoms. The number of carbonyl (C=O) groups excluding carboxylic acids is 7. The number of para-hydroxylation sites is 5. The van der Waals surface area contributed by atoms with E-state index in [1.165, 1.54) is 37.8 Å². The van der Waals surface area contributed by atoms with Gasteiger partial charge in [0.15, 0.2) is 0 Å². The van der Waals surface area contributed by atoms with Crippen LogP contribution in [0.5, 0.6) is 0 Å². The average Bonchev–Trinajstić information content (AvgIpc) is 0.840. The van der Waals surface area contributed by atoms with Gasteiger partial charge in [-0.2, -0.15) is 0 Å². The van der Waals surface area contributed by atoms with E-state index in [1.807, 2.05) is 193 Å². The zero-order valence-electron chi connectivity index (χ0n) is 73.0. The molecule has 5 fully saturated rings. The molecule has 0 spiro atoms. The molecular formula is C88H136BBrClLiN9O15. The third kappa shape index (κ3) is 44.6. The number of alkyl halides is 1. The Labute approximate surface area is 723 Å². The summed E-state index contributed by atoms with van der Waals surface area (Å²) in [6.07, 6.45) is 11.7. The molecule has 5 N–H and O–H groups in total. The summed E-state index contributed by atoms with van der Waals surface area (Å²) in [6, 6.07) is 51.8. The molecule has 24 nitrogen and oxygen atoms in total. The summed E-state index contributed by atoms with van der Waals surface area (Å²) in [7, 11) is 0. The van der Waals surface area contributed by atoms with Crippen LogP contribution in [0.2, 0.25) is 0 Å². The van der Waals surface area contributed by atoms with Gasteiger partial charge in [0.2, 0.25) is 0 Å². The van der Waals surface area contributed by atoms with Gasteiger partial charge in [-0.15, -0.1) is 12.4 Å². The number of Topliss-reactive ketones (excluding diaryl/α,β-unsaturated/α-hetero) is 1. The number of ether oxygens (including phenoxy) is 6. The SMILES string of the molecule is CC(C)(C)OC(=O)N1CCC(=O)CC1.CC(C)(C)OC(=O)N1CCC(N(CCO)c2ccccc2)CC1.CC(C)(C)OC(=O)N1CCC(Nc2ccccc2)CC1.CCOC(=O)CBr.CCOC(=O)CN(c1ccccc1)C1CCN(C(=O)OC(C)(C)C)CC1.Cl.Nc1ccccc1.OCCN(c1ccccc1)C1CCCCC1.[B].[H-].[Li+]. The van der Waals surface area contributed by atoms with Gasteiger partial charge in [0.1, 0.15) is 40.1 Å². The second-order valence-electron chi connectivity index (χ2n) is 32.1. The topological polar surface area (TPSA) is 276 Å². The first-order valence-electron chi connectivity index (χ1n) is 40.2. The maximum Gasteiger partial charge on any atom is 1.00 e. The van der Waals surface area contributed by atoms with E-state index in [4.69, 9.17) is 29.4 Å². The fourth-order valence-corrected chi connectivity index (χ4v) is 13.0. The predicted octanol–water partition coefficient (Wildman–Crippen LogP) is 13.6. The number of nitrogens with zero attached hydrogens (tertiary/aromatic N) is 7. The Bertz CT molecular complexity index is 3480. The van der Waals surface area contributed by atoms with Gasteiger partial charge in [0.25, 0.3) is 0 Å². The summed E-state index contributed by atoms with van der Waals surface area (Å²) >= 11 is 2.94. The van der Waals surface area contributed by atoms with Crippen molar-refractivity contribution in [2.24, 2.45) is 0 Å². The van der Waals surface area contributed by atoms with Gasteiger partial charge in [-0.25, -0.2) is 19.2 Å². The number of piperidine rings is 4. The molecule has 1 saturated carbocycles. The largest absolute Gasteiger partial charge is 1.00 e. The second kappa shape index (κ2) is 56.5. The van der Waals surface area contributed by atoms with Crippen molar-refractivity contribution in [1.29, 1.82) is 0 Å². The summed E-state index contributed by atoms with van der Waals surface area (Å²) < 4.78 is 31.1. The first-order valence-corrected chi connectivity index (χ1v) is 41.4. The first-order chi connectivity index (χ1) is 53.6. The van der Waals surface area contributed by atoms with Crippen LogP contribution >= 0.6 is 28.3 Å². The van der Waals surface area contributed by atoms with Crippen LogP contribution in [0.15, 0.2) is 152 Å². The fourth-order valence-electron chi connectivity index (χ4n) is 12.9. The van der Waals surface area contributed by atoms with Gasteiger partial charge >= 0.3 is 55.2 Å². The molecule has 5 aromatic carbocycles. The molecular weight excluding hydrogens is 1560 g/mol. The monoisotopic (exact) mass is 1690 g/mol. The van der Waals surface area contributed by atoms with Crippen LogP contribution in [0.3, 0.4) is 0 Å². The van der Waals surface area contributed by atoms with E-state index in [9.17, 15) is 43.8 Å². The van der Waals surface area contributed by atoms with Gasteiger partial charge in [0, 0.05) is 139 Å².